The molecule has 0 unspecified atom stereocenters. The maximum atomic E-state index is 13.1. The van der Waals surface area contributed by atoms with Crippen LogP contribution in [0.15, 0.2) is 96.1 Å². The van der Waals surface area contributed by atoms with E-state index in [2.05, 4.69) is 5.10 Å². The summed E-state index contributed by atoms with van der Waals surface area (Å²) in [5, 5.41) is 5.88. The van der Waals surface area contributed by atoms with E-state index in [1.807, 2.05) is 54.6 Å². The van der Waals surface area contributed by atoms with Crippen LogP contribution in [-0.4, -0.2) is 28.5 Å². The second-order valence-corrected chi connectivity index (χ2v) is 6.38. The molecule has 0 saturated carbocycles. The van der Waals surface area contributed by atoms with Crippen molar-refractivity contribution in [2.45, 2.75) is 12.5 Å². The van der Waals surface area contributed by atoms with Crippen molar-refractivity contribution in [1.29, 1.82) is 0 Å². The molecule has 1 heterocycles. The normalized spacial score (nSPS) is 16.1. The molecule has 0 N–H and O–H groups in total. The number of amides is 1. The van der Waals surface area contributed by atoms with Crippen LogP contribution in [0.2, 0.25) is 0 Å². The molecule has 0 saturated heterocycles. The van der Waals surface area contributed by atoms with Crippen LogP contribution in [-0.2, 0) is 0 Å². The molecule has 0 bridgehead atoms. The Morgan fingerprint density at radius 2 is 1.26 bits per heavy atom. The first-order valence-corrected chi connectivity index (χ1v) is 8.85. The summed E-state index contributed by atoms with van der Waals surface area (Å²) in [5.74, 6) is -0.370. The van der Waals surface area contributed by atoms with Gasteiger partial charge in [0.15, 0.2) is 5.78 Å². The number of hydrogen-bond donors (Lipinski definition) is 0. The summed E-state index contributed by atoms with van der Waals surface area (Å²) in [7, 11) is 0. The maximum absolute atomic E-state index is 13.1. The van der Waals surface area contributed by atoms with Crippen LogP contribution in [0, 0.1) is 0 Å². The molecule has 0 aliphatic carbocycles. The highest BCUT2D eigenvalue weighted by atomic mass is 16.2. The van der Waals surface area contributed by atoms with Gasteiger partial charge in [0.25, 0.3) is 5.91 Å². The number of hydrazone groups is 1. The maximum Gasteiger partial charge on any atom is 0.274 e. The largest absolute Gasteiger partial charge is 0.292 e. The molecule has 1 atom stereocenters. The van der Waals surface area contributed by atoms with Crippen LogP contribution in [0.3, 0.4) is 0 Å². The summed E-state index contributed by atoms with van der Waals surface area (Å²) < 4.78 is 0. The van der Waals surface area contributed by atoms with Crippen LogP contribution in [0.1, 0.15) is 32.7 Å². The fourth-order valence-corrected chi connectivity index (χ4v) is 3.21. The standard InChI is InChI=1S/C23H18N2O2/c26-22(18-12-6-2-7-13-18)21-16-20(17-10-4-1-5-11-17)24-25(21)23(27)19-14-8-3-9-15-19/h1-15,21H,16H2/t21-/m0/s1. The summed E-state index contributed by atoms with van der Waals surface area (Å²) in [6.07, 6.45) is 0.399. The van der Waals surface area contributed by atoms with Crippen molar-refractivity contribution >= 4 is 17.4 Å². The SMILES string of the molecule is O=C(c1ccccc1)[C@@H]1CC(c2ccccc2)=NN1C(=O)c1ccccc1. The minimum absolute atomic E-state index is 0.102. The van der Waals surface area contributed by atoms with E-state index in [0.717, 1.165) is 11.3 Å². The van der Waals surface area contributed by atoms with Gasteiger partial charge < -0.3 is 0 Å². The zero-order chi connectivity index (χ0) is 18.6. The van der Waals surface area contributed by atoms with E-state index in [1.54, 1.807) is 36.4 Å². The molecule has 0 fully saturated rings. The number of carbonyl (C=O) groups is 2. The van der Waals surface area contributed by atoms with E-state index in [1.165, 1.54) is 5.01 Å². The third-order valence-corrected chi connectivity index (χ3v) is 4.61. The van der Waals surface area contributed by atoms with E-state index in [4.69, 9.17) is 0 Å². The summed E-state index contributed by atoms with van der Waals surface area (Å²) in [5.41, 5.74) is 2.76. The second kappa shape index (κ2) is 7.38. The number of Topliss-reactive ketones (excluding diaryl/α,β-unsaturated/α-hetero) is 1. The molecule has 0 spiro atoms. The molecule has 132 valence electrons. The lowest BCUT2D eigenvalue weighted by Gasteiger charge is -2.20. The molecule has 0 radical (unpaired) electrons. The van der Waals surface area contributed by atoms with Crippen molar-refractivity contribution in [3.63, 3.8) is 0 Å². The van der Waals surface area contributed by atoms with Gasteiger partial charge in [-0.05, 0) is 17.7 Å². The molecule has 4 rings (SSSR count). The Bertz CT molecular complexity index is 983. The molecule has 0 aromatic heterocycles. The van der Waals surface area contributed by atoms with Gasteiger partial charge in [0.2, 0.25) is 0 Å². The molecule has 1 aliphatic heterocycles. The minimum atomic E-state index is -0.643. The molecular weight excluding hydrogens is 336 g/mol. The Balaban J connectivity index is 1.71. The summed E-state index contributed by atoms with van der Waals surface area (Å²) >= 11 is 0. The van der Waals surface area contributed by atoms with Gasteiger partial charge >= 0.3 is 0 Å². The van der Waals surface area contributed by atoms with E-state index in [-0.39, 0.29) is 11.7 Å². The smallest absolute Gasteiger partial charge is 0.274 e. The third kappa shape index (κ3) is 3.42. The second-order valence-electron chi connectivity index (χ2n) is 6.38. The monoisotopic (exact) mass is 354 g/mol. The van der Waals surface area contributed by atoms with Gasteiger partial charge in [-0.2, -0.15) is 5.10 Å². The van der Waals surface area contributed by atoms with Gasteiger partial charge in [-0.3, -0.25) is 9.59 Å². The topological polar surface area (TPSA) is 49.7 Å². The summed E-state index contributed by atoms with van der Waals surface area (Å²) in [6.45, 7) is 0. The van der Waals surface area contributed by atoms with Crippen molar-refractivity contribution in [2.75, 3.05) is 0 Å². The molecule has 1 aliphatic rings. The Hall–Kier alpha value is -3.53. The summed E-state index contributed by atoms with van der Waals surface area (Å²) in [6, 6.07) is 27.0. The number of carbonyl (C=O) groups excluding carboxylic acids is 2. The average Bonchev–Trinajstić information content (AvgIpc) is 3.20. The fraction of sp³-hybridized carbons (Fsp3) is 0.0870. The lowest BCUT2D eigenvalue weighted by molar-refractivity contribution is 0.0646. The van der Waals surface area contributed by atoms with Crippen LogP contribution in [0.25, 0.3) is 0 Å². The van der Waals surface area contributed by atoms with Crippen molar-refractivity contribution in [1.82, 2.24) is 5.01 Å². The first kappa shape index (κ1) is 16.9. The zero-order valence-electron chi connectivity index (χ0n) is 14.7. The van der Waals surface area contributed by atoms with Gasteiger partial charge in [0.05, 0.1) is 5.71 Å². The fourth-order valence-electron chi connectivity index (χ4n) is 3.21. The van der Waals surface area contributed by atoms with Gasteiger partial charge in [0, 0.05) is 17.5 Å². The Morgan fingerprint density at radius 1 is 0.741 bits per heavy atom. The lowest BCUT2D eigenvalue weighted by Crippen LogP contribution is -2.38. The molecule has 4 nitrogen and oxygen atoms in total. The highest BCUT2D eigenvalue weighted by molar-refractivity contribution is 6.12. The lowest BCUT2D eigenvalue weighted by atomic mass is 9.97. The van der Waals surface area contributed by atoms with Gasteiger partial charge in [-0.25, -0.2) is 5.01 Å². The van der Waals surface area contributed by atoms with Crippen LogP contribution >= 0.6 is 0 Å². The molecule has 1 amide bonds. The number of rotatable bonds is 4. The number of benzene rings is 3. The van der Waals surface area contributed by atoms with Crippen LogP contribution in [0.4, 0.5) is 0 Å². The number of nitrogens with zero attached hydrogens (tertiary/aromatic N) is 2. The van der Waals surface area contributed by atoms with E-state index in [9.17, 15) is 9.59 Å². The first-order chi connectivity index (χ1) is 13.2. The van der Waals surface area contributed by atoms with Crippen molar-refractivity contribution in [2.24, 2.45) is 5.10 Å². The predicted octanol–water partition coefficient (Wildman–Crippen LogP) is 4.19. The zero-order valence-corrected chi connectivity index (χ0v) is 14.7. The molecule has 4 heteroatoms. The Labute approximate surface area is 157 Å². The van der Waals surface area contributed by atoms with Crippen LogP contribution in [0.5, 0.6) is 0 Å². The first-order valence-electron chi connectivity index (χ1n) is 8.85. The molecule has 3 aromatic rings. The average molecular weight is 354 g/mol. The third-order valence-electron chi connectivity index (χ3n) is 4.61. The Kier molecular flexibility index (Phi) is 4.62. The van der Waals surface area contributed by atoms with Crippen molar-refractivity contribution in [3.8, 4) is 0 Å². The molecule has 27 heavy (non-hydrogen) atoms. The Morgan fingerprint density at radius 3 is 1.85 bits per heavy atom. The van der Waals surface area contributed by atoms with Crippen molar-refractivity contribution in [3.05, 3.63) is 108 Å². The van der Waals surface area contributed by atoms with Gasteiger partial charge in [0.1, 0.15) is 6.04 Å². The predicted molar refractivity (Wildman–Crippen MR) is 105 cm³/mol. The van der Waals surface area contributed by atoms with E-state index in [0.29, 0.717) is 17.5 Å². The molecule has 3 aromatic carbocycles. The van der Waals surface area contributed by atoms with Crippen molar-refractivity contribution < 1.29 is 9.59 Å². The van der Waals surface area contributed by atoms with E-state index < -0.39 is 6.04 Å². The number of ketones is 1. The highest BCUT2D eigenvalue weighted by Gasteiger charge is 2.37. The van der Waals surface area contributed by atoms with E-state index >= 15 is 0 Å². The number of hydrogen-bond acceptors (Lipinski definition) is 3. The highest BCUT2D eigenvalue weighted by Crippen LogP contribution is 2.25. The summed E-state index contributed by atoms with van der Waals surface area (Å²) in [4.78, 5) is 26.1. The van der Waals surface area contributed by atoms with Gasteiger partial charge in [-0.1, -0.05) is 78.9 Å². The quantitative estimate of drug-likeness (QED) is 0.660. The van der Waals surface area contributed by atoms with Gasteiger partial charge in [-0.15, -0.1) is 0 Å². The minimum Gasteiger partial charge on any atom is -0.292 e. The molecular formula is C23H18N2O2. The van der Waals surface area contributed by atoms with Crippen LogP contribution < -0.4 is 0 Å².